The fraction of sp³-hybridized carbons (Fsp3) is 0.200. The quantitative estimate of drug-likeness (QED) is 0.869. The van der Waals surface area contributed by atoms with Crippen molar-refractivity contribution in [3.63, 3.8) is 0 Å². The third-order valence-electron chi connectivity index (χ3n) is 1.84. The second-order valence-corrected chi connectivity index (χ2v) is 3.53. The van der Waals surface area contributed by atoms with Crippen LogP contribution in [0.15, 0.2) is 28.8 Å². The second-order valence-electron chi connectivity index (χ2n) is 3.09. The van der Waals surface area contributed by atoms with Crippen molar-refractivity contribution < 1.29 is 4.52 Å². The first kappa shape index (κ1) is 9.98. The van der Waals surface area contributed by atoms with Crippen LogP contribution in [0.3, 0.4) is 0 Å². The van der Waals surface area contributed by atoms with Gasteiger partial charge in [-0.3, -0.25) is 0 Å². The van der Waals surface area contributed by atoms with E-state index in [1.165, 1.54) is 0 Å². The molecule has 0 aliphatic rings. The number of anilines is 1. The predicted octanol–water partition coefficient (Wildman–Crippen LogP) is 2.64. The Labute approximate surface area is 92.3 Å². The molecule has 0 unspecified atom stereocenters. The van der Waals surface area contributed by atoms with E-state index in [0.717, 1.165) is 5.69 Å². The Kier molecular flexibility index (Phi) is 2.87. The van der Waals surface area contributed by atoms with Crippen LogP contribution in [0.2, 0.25) is 5.02 Å². The van der Waals surface area contributed by atoms with Gasteiger partial charge >= 0.3 is 0 Å². The van der Waals surface area contributed by atoms with E-state index in [-0.39, 0.29) is 0 Å². The van der Waals surface area contributed by atoms with Crippen LogP contribution in [0, 0.1) is 6.92 Å². The zero-order valence-corrected chi connectivity index (χ0v) is 8.95. The molecule has 2 aromatic rings. The number of hydrogen-bond donors (Lipinski definition) is 1. The van der Waals surface area contributed by atoms with E-state index in [4.69, 9.17) is 16.1 Å². The summed E-state index contributed by atoms with van der Waals surface area (Å²) in [6, 6.07) is 7.48. The molecule has 78 valence electrons. The highest BCUT2D eigenvalue weighted by Crippen LogP contribution is 2.15. The number of rotatable bonds is 3. The van der Waals surface area contributed by atoms with Crippen molar-refractivity contribution in [1.82, 2.24) is 10.1 Å². The molecule has 0 radical (unpaired) electrons. The summed E-state index contributed by atoms with van der Waals surface area (Å²) < 4.78 is 4.85. The van der Waals surface area contributed by atoms with Gasteiger partial charge in [-0.05, 0) is 18.2 Å². The smallest absolute Gasteiger partial charge is 0.223 e. The molecule has 0 amide bonds. The molecule has 0 aliphatic heterocycles. The first-order chi connectivity index (χ1) is 7.24. The van der Waals surface area contributed by atoms with Crippen molar-refractivity contribution in [3.8, 4) is 0 Å². The summed E-state index contributed by atoms with van der Waals surface area (Å²) in [5.74, 6) is 1.20. The maximum absolute atomic E-state index is 5.84. The van der Waals surface area contributed by atoms with Crippen LogP contribution >= 0.6 is 11.6 Å². The van der Waals surface area contributed by atoms with Crippen molar-refractivity contribution in [2.45, 2.75) is 13.5 Å². The molecule has 0 bridgehead atoms. The molecule has 0 aliphatic carbocycles. The standard InChI is InChI=1S/C10H10ClN3O/c1-7-13-10(14-15-7)6-12-9-4-2-3-8(11)5-9/h2-5,12H,6H2,1H3. The number of halogens is 1. The minimum atomic E-state index is 0.525. The van der Waals surface area contributed by atoms with E-state index >= 15 is 0 Å². The maximum Gasteiger partial charge on any atom is 0.223 e. The highest BCUT2D eigenvalue weighted by molar-refractivity contribution is 6.30. The molecule has 4 nitrogen and oxygen atoms in total. The zero-order valence-electron chi connectivity index (χ0n) is 8.20. The Bertz CT molecular complexity index is 455. The lowest BCUT2D eigenvalue weighted by Gasteiger charge is -2.02. The van der Waals surface area contributed by atoms with Gasteiger partial charge in [-0.15, -0.1) is 0 Å². The van der Waals surface area contributed by atoms with Gasteiger partial charge in [0.1, 0.15) is 0 Å². The number of aromatic nitrogens is 2. The second kappa shape index (κ2) is 4.31. The van der Waals surface area contributed by atoms with Gasteiger partial charge in [0.25, 0.3) is 0 Å². The van der Waals surface area contributed by atoms with Crippen molar-refractivity contribution in [2.24, 2.45) is 0 Å². The molecule has 15 heavy (non-hydrogen) atoms. The predicted molar refractivity (Wildman–Crippen MR) is 57.8 cm³/mol. The molecular formula is C10H10ClN3O. The van der Waals surface area contributed by atoms with E-state index in [9.17, 15) is 0 Å². The van der Waals surface area contributed by atoms with Gasteiger partial charge in [0.15, 0.2) is 5.82 Å². The third-order valence-corrected chi connectivity index (χ3v) is 2.08. The van der Waals surface area contributed by atoms with E-state index in [0.29, 0.717) is 23.3 Å². The average Bonchev–Trinajstić information content (AvgIpc) is 2.62. The highest BCUT2D eigenvalue weighted by Gasteiger charge is 2.01. The van der Waals surface area contributed by atoms with Crippen LogP contribution in [-0.2, 0) is 6.54 Å². The SMILES string of the molecule is Cc1nc(CNc2cccc(Cl)c2)no1. The van der Waals surface area contributed by atoms with Gasteiger partial charge in [0.05, 0.1) is 6.54 Å². The van der Waals surface area contributed by atoms with Crippen molar-refractivity contribution in [2.75, 3.05) is 5.32 Å². The largest absolute Gasteiger partial charge is 0.378 e. The lowest BCUT2D eigenvalue weighted by Crippen LogP contribution is -2.00. The summed E-state index contributed by atoms with van der Waals surface area (Å²) in [6.07, 6.45) is 0. The molecular weight excluding hydrogens is 214 g/mol. The molecule has 1 aromatic heterocycles. The van der Waals surface area contributed by atoms with E-state index in [2.05, 4.69) is 15.5 Å². The normalized spacial score (nSPS) is 10.3. The van der Waals surface area contributed by atoms with Gasteiger partial charge in [-0.25, -0.2) is 0 Å². The average molecular weight is 224 g/mol. The molecule has 5 heteroatoms. The molecule has 1 aromatic carbocycles. The molecule has 0 fully saturated rings. The van der Waals surface area contributed by atoms with Crippen molar-refractivity contribution in [3.05, 3.63) is 41.0 Å². The zero-order chi connectivity index (χ0) is 10.7. The molecule has 1 heterocycles. The monoisotopic (exact) mass is 223 g/mol. The Morgan fingerprint density at radius 3 is 3.00 bits per heavy atom. The van der Waals surface area contributed by atoms with Gasteiger partial charge in [-0.2, -0.15) is 4.98 Å². The summed E-state index contributed by atoms with van der Waals surface area (Å²) in [5, 5.41) is 7.62. The van der Waals surface area contributed by atoms with Gasteiger partial charge in [-0.1, -0.05) is 22.8 Å². The minimum absolute atomic E-state index is 0.525. The number of benzene rings is 1. The van der Waals surface area contributed by atoms with Gasteiger partial charge in [0, 0.05) is 17.6 Å². The topological polar surface area (TPSA) is 51.0 Å². The van der Waals surface area contributed by atoms with Crippen LogP contribution in [0.5, 0.6) is 0 Å². The Balaban J connectivity index is 1.99. The van der Waals surface area contributed by atoms with Crippen LogP contribution in [0.25, 0.3) is 0 Å². The van der Waals surface area contributed by atoms with Crippen LogP contribution < -0.4 is 5.32 Å². The van der Waals surface area contributed by atoms with Crippen molar-refractivity contribution in [1.29, 1.82) is 0 Å². The number of nitrogens with one attached hydrogen (secondary N) is 1. The summed E-state index contributed by atoms with van der Waals surface area (Å²) >= 11 is 5.84. The van der Waals surface area contributed by atoms with Crippen LogP contribution in [0.4, 0.5) is 5.69 Å². The Morgan fingerprint density at radius 2 is 2.33 bits per heavy atom. The summed E-state index contributed by atoms with van der Waals surface area (Å²) in [6.45, 7) is 2.29. The first-order valence-electron chi connectivity index (χ1n) is 4.52. The Morgan fingerprint density at radius 1 is 1.47 bits per heavy atom. The van der Waals surface area contributed by atoms with E-state index in [1.54, 1.807) is 6.92 Å². The molecule has 0 saturated heterocycles. The molecule has 2 rings (SSSR count). The van der Waals surface area contributed by atoms with E-state index < -0.39 is 0 Å². The summed E-state index contributed by atoms with van der Waals surface area (Å²) in [5.41, 5.74) is 0.935. The summed E-state index contributed by atoms with van der Waals surface area (Å²) in [7, 11) is 0. The minimum Gasteiger partial charge on any atom is -0.378 e. The van der Waals surface area contributed by atoms with Crippen LogP contribution in [0.1, 0.15) is 11.7 Å². The number of hydrogen-bond acceptors (Lipinski definition) is 4. The number of nitrogens with zero attached hydrogens (tertiary/aromatic N) is 2. The fourth-order valence-electron chi connectivity index (χ4n) is 1.19. The first-order valence-corrected chi connectivity index (χ1v) is 4.90. The van der Waals surface area contributed by atoms with E-state index in [1.807, 2.05) is 24.3 Å². The van der Waals surface area contributed by atoms with Gasteiger partial charge in [0.2, 0.25) is 5.89 Å². The molecule has 0 spiro atoms. The molecule has 1 N–H and O–H groups in total. The number of aryl methyl sites for hydroxylation is 1. The van der Waals surface area contributed by atoms with Gasteiger partial charge < -0.3 is 9.84 Å². The Hall–Kier alpha value is -1.55. The van der Waals surface area contributed by atoms with Crippen molar-refractivity contribution >= 4 is 17.3 Å². The lowest BCUT2D eigenvalue weighted by atomic mass is 10.3. The third kappa shape index (κ3) is 2.70. The molecule has 0 saturated carbocycles. The lowest BCUT2D eigenvalue weighted by molar-refractivity contribution is 0.388. The molecule has 0 atom stereocenters. The highest BCUT2D eigenvalue weighted by atomic mass is 35.5. The fourth-order valence-corrected chi connectivity index (χ4v) is 1.38. The van der Waals surface area contributed by atoms with Crippen LogP contribution in [-0.4, -0.2) is 10.1 Å². The summed E-state index contributed by atoms with van der Waals surface area (Å²) in [4.78, 5) is 4.07. The maximum atomic E-state index is 5.84.